The van der Waals surface area contributed by atoms with E-state index in [1.165, 1.54) is 6.42 Å². The quantitative estimate of drug-likeness (QED) is 0.602. The topological polar surface area (TPSA) is 63.6 Å². The molecule has 32 heavy (non-hydrogen) atoms. The highest BCUT2D eigenvalue weighted by Crippen LogP contribution is 2.64. The summed E-state index contributed by atoms with van der Waals surface area (Å²) in [6, 6.07) is 17.7. The highest BCUT2D eigenvalue weighted by molar-refractivity contribution is 5.99. The lowest BCUT2D eigenvalue weighted by molar-refractivity contribution is -0.139. The van der Waals surface area contributed by atoms with E-state index in [1.54, 1.807) is 48.5 Å². The predicted molar refractivity (Wildman–Crippen MR) is 126 cm³/mol. The molecule has 0 spiro atoms. The van der Waals surface area contributed by atoms with Gasteiger partial charge in [-0.3, -0.25) is 9.59 Å². The number of hydrogen-bond acceptors (Lipinski definition) is 4. The van der Waals surface area contributed by atoms with Crippen molar-refractivity contribution >= 4 is 11.6 Å². The molecule has 0 saturated heterocycles. The van der Waals surface area contributed by atoms with E-state index in [0.29, 0.717) is 29.4 Å². The number of benzene rings is 2. The Hall–Kier alpha value is -2.30. The first-order chi connectivity index (χ1) is 15.0. The lowest BCUT2D eigenvalue weighted by Gasteiger charge is -2.38. The van der Waals surface area contributed by atoms with Crippen LogP contribution in [0.4, 0.5) is 0 Å². The van der Waals surface area contributed by atoms with Crippen molar-refractivity contribution in [1.29, 1.82) is 0 Å². The molecule has 2 aliphatic carbocycles. The van der Waals surface area contributed by atoms with E-state index < -0.39 is 6.10 Å². The van der Waals surface area contributed by atoms with Gasteiger partial charge >= 0.3 is 0 Å². The van der Waals surface area contributed by atoms with Gasteiger partial charge in [0, 0.05) is 12.0 Å². The Kier molecular flexibility index (Phi) is 7.06. The summed E-state index contributed by atoms with van der Waals surface area (Å²) in [4.78, 5) is 24.1. The van der Waals surface area contributed by atoms with Crippen molar-refractivity contribution in [2.75, 3.05) is 6.61 Å². The third kappa shape index (κ3) is 4.87. The zero-order valence-electron chi connectivity index (χ0n) is 19.9. The van der Waals surface area contributed by atoms with Gasteiger partial charge in [-0.05, 0) is 50.5 Å². The maximum Gasteiger partial charge on any atom is 0.195 e. The number of carbonyl (C=O) groups is 2. The summed E-state index contributed by atoms with van der Waals surface area (Å²) in [6.07, 6.45) is 1.93. The molecule has 172 valence electrons. The minimum absolute atomic E-state index is 0.134. The molecule has 3 unspecified atom stereocenters. The second-order valence-corrected chi connectivity index (χ2v) is 10.6. The molecule has 2 aromatic carbocycles. The van der Waals surface area contributed by atoms with Crippen LogP contribution in [0.5, 0.6) is 0 Å². The summed E-state index contributed by atoms with van der Waals surface area (Å²) in [6.45, 7) is 11.3. The summed E-state index contributed by atoms with van der Waals surface area (Å²) >= 11 is 0. The van der Waals surface area contributed by atoms with Crippen LogP contribution in [0.25, 0.3) is 0 Å². The van der Waals surface area contributed by atoms with Gasteiger partial charge in [0.2, 0.25) is 0 Å². The van der Waals surface area contributed by atoms with Crippen molar-refractivity contribution in [3.05, 3.63) is 71.8 Å². The van der Waals surface area contributed by atoms with Crippen LogP contribution in [0, 0.1) is 16.7 Å². The highest BCUT2D eigenvalue weighted by Gasteiger charge is 2.64. The van der Waals surface area contributed by atoms with E-state index in [1.807, 2.05) is 12.1 Å². The Morgan fingerprint density at radius 1 is 1.06 bits per heavy atom. The normalized spacial score (nSPS) is 24.6. The minimum atomic E-state index is -1.08. The number of aliphatic hydroxyl groups is 1. The van der Waals surface area contributed by atoms with Crippen molar-refractivity contribution in [3.63, 3.8) is 0 Å². The Morgan fingerprint density at radius 3 is 2.09 bits per heavy atom. The smallest absolute Gasteiger partial charge is 0.195 e. The standard InChI is InChI=1S/C14H24O2.C14H12O2/c1-12(2,3)16-9-14-7-6-10(8-11(14)15)13(14,4)5;15-13(11-7-3-1-4-8-11)14(16)12-9-5-2-6-10-12/h10H,6-9H2,1-5H3;1-10,13,15H. The third-order valence-corrected chi connectivity index (χ3v) is 7.31. The molecule has 4 rings (SSSR count). The molecule has 2 aliphatic rings. The molecule has 0 aromatic heterocycles. The lowest BCUT2D eigenvalue weighted by atomic mass is 9.69. The molecule has 2 bridgehead atoms. The Bertz CT molecular complexity index is 927. The molecule has 2 aromatic rings. The van der Waals surface area contributed by atoms with Crippen LogP contribution >= 0.6 is 0 Å². The van der Waals surface area contributed by atoms with Gasteiger partial charge in [-0.1, -0.05) is 74.5 Å². The molecule has 0 heterocycles. The molecule has 0 radical (unpaired) electrons. The summed E-state index contributed by atoms with van der Waals surface area (Å²) in [7, 11) is 0. The molecule has 1 N–H and O–H groups in total. The van der Waals surface area contributed by atoms with E-state index >= 15 is 0 Å². The van der Waals surface area contributed by atoms with Gasteiger partial charge in [0.15, 0.2) is 5.78 Å². The first-order valence-corrected chi connectivity index (χ1v) is 11.5. The zero-order valence-corrected chi connectivity index (χ0v) is 19.9. The minimum Gasteiger partial charge on any atom is -0.380 e. The largest absolute Gasteiger partial charge is 0.380 e. The van der Waals surface area contributed by atoms with Crippen LogP contribution in [-0.4, -0.2) is 28.9 Å². The van der Waals surface area contributed by atoms with Crippen LogP contribution in [0.3, 0.4) is 0 Å². The molecule has 2 saturated carbocycles. The molecule has 2 fully saturated rings. The molecule has 4 heteroatoms. The Labute approximate surface area is 192 Å². The van der Waals surface area contributed by atoms with Gasteiger partial charge in [-0.15, -0.1) is 0 Å². The van der Waals surface area contributed by atoms with Crippen LogP contribution < -0.4 is 0 Å². The van der Waals surface area contributed by atoms with Crippen LogP contribution in [0.1, 0.15) is 75.9 Å². The number of carbonyl (C=O) groups excluding carboxylic acids is 2. The number of aliphatic hydroxyl groups excluding tert-OH is 1. The van der Waals surface area contributed by atoms with Gasteiger partial charge in [0.05, 0.1) is 17.6 Å². The van der Waals surface area contributed by atoms with Crippen molar-refractivity contribution in [2.24, 2.45) is 16.7 Å². The maximum atomic E-state index is 12.2. The number of ether oxygens (including phenoxy) is 1. The van der Waals surface area contributed by atoms with E-state index in [2.05, 4.69) is 34.6 Å². The molecular formula is C28H36O4. The number of rotatable bonds is 5. The summed E-state index contributed by atoms with van der Waals surface area (Å²) in [5.74, 6) is 0.758. The monoisotopic (exact) mass is 436 g/mol. The molecule has 0 aliphatic heterocycles. The number of ketones is 2. The summed E-state index contributed by atoms with van der Waals surface area (Å²) in [5, 5.41) is 9.89. The van der Waals surface area contributed by atoms with Crippen molar-refractivity contribution in [3.8, 4) is 0 Å². The number of fused-ring (bicyclic) bond motifs is 2. The second-order valence-electron chi connectivity index (χ2n) is 10.6. The second kappa shape index (κ2) is 9.29. The molecule has 3 atom stereocenters. The van der Waals surface area contributed by atoms with Crippen LogP contribution in [0.2, 0.25) is 0 Å². The Balaban J connectivity index is 0.000000181. The van der Waals surface area contributed by atoms with Crippen molar-refractivity contribution in [2.45, 2.75) is 65.6 Å². The van der Waals surface area contributed by atoms with E-state index in [-0.39, 0.29) is 22.2 Å². The van der Waals surface area contributed by atoms with Gasteiger partial charge in [0.25, 0.3) is 0 Å². The molecular weight excluding hydrogens is 400 g/mol. The van der Waals surface area contributed by atoms with Crippen LogP contribution in [-0.2, 0) is 9.53 Å². The van der Waals surface area contributed by atoms with Gasteiger partial charge in [-0.2, -0.15) is 0 Å². The number of Topliss-reactive ketones (excluding diaryl/α,β-unsaturated/α-hetero) is 2. The molecule has 4 nitrogen and oxygen atoms in total. The SMILES string of the molecule is CC(C)(C)OCC12CCC(CC1=O)C2(C)C.O=C(c1ccccc1)C(O)c1ccccc1. The Morgan fingerprint density at radius 2 is 1.62 bits per heavy atom. The highest BCUT2D eigenvalue weighted by atomic mass is 16.5. The summed E-state index contributed by atoms with van der Waals surface area (Å²) in [5.41, 5.74) is 0.946. The zero-order chi connectivity index (χ0) is 23.6. The van der Waals surface area contributed by atoms with Gasteiger partial charge in [0.1, 0.15) is 11.9 Å². The maximum absolute atomic E-state index is 12.2. The fourth-order valence-corrected chi connectivity index (χ4v) is 4.99. The van der Waals surface area contributed by atoms with Crippen molar-refractivity contribution < 1.29 is 19.4 Å². The fraction of sp³-hybridized carbons (Fsp3) is 0.500. The van der Waals surface area contributed by atoms with Crippen LogP contribution in [0.15, 0.2) is 60.7 Å². The fourth-order valence-electron chi connectivity index (χ4n) is 4.99. The molecule has 0 amide bonds. The van der Waals surface area contributed by atoms with E-state index in [4.69, 9.17) is 4.74 Å². The van der Waals surface area contributed by atoms with E-state index in [0.717, 1.165) is 12.8 Å². The lowest BCUT2D eigenvalue weighted by Crippen LogP contribution is -2.42. The number of hydrogen-bond donors (Lipinski definition) is 1. The average Bonchev–Trinajstić information content (AvgIpc) is 3.13. The average molecular weight is 437 g/mol. The summed E-state index contributed by atoms with van der Waals surface area (Å²) < 4.78 is 5.92. The van der Waals surface area contributed by atoms with Crippen molar-refractivity contribution in [1.82, 2.24) is 0 Å². The van der Waals surface area contributed by atoms with Gasteiger partial charge in [-0.25, -0.2) is 0 Å². The van der Waals surface area contributed by atoms with Gasteiger partial charge < -0.3 is 9.84 Å². The predicted octanol–water partition coefficient (Wildman–Crippen LogP) is 5.80. The van der Waals surface area contributed by atoms with E-state index in [9.17, 15) is 14.7 Å². The first-order valence-electron chi connectivity index (χ1n) is 11.5. The first kappa shape index (κ1) is 24.3. The third-order valence-electron chi connectivity index (χ3n) is 7.31.